The van der Waals surface area contributed by atoms with Crippen molar-refractivity contribution in [2.45, 2.75) is 44.2 Å². The zero-order chi connectivity index (χ0) is 18.4. The number of anilines is 1. The van der Waals surface area contributed by atoms with E-state index in [-0.39, 0.29) is 24.3 Å². The normalized spacial score (nSPS) is 15.4. The van der Waals surface area contributed by atoms with E-state index in [0.29, 0.717) is 17.3 Å². The summed E-state index contributed by atoms with van der Waals surface area (Å²) < 4.78 is 0. The molecule has 1 aliphatic rings. The van der Waals surface area contributed by atoms with Crippen LogP contribution in [-0.4, -0.2) is 17.9 Å². The molecule has 0 radical (unpaired) electrons. The van der Waals surface area contributed by atoms with Gasteiger partial charge in [0, 0.05) is 29.8 Å². The van der Waals surface area contributed by atoms with E-state index in [0.717, 1.165) is 18.4 Å². The smallest absolute Gasteiger partial charge is 0.251 e. The van der Waals surface area contributed by atoms with Crippen LogP contribution in [0.1, 0.15) is 54.1 Å². The van der Waals surface area contributed by atoms with Gasteiger partial charge >= 0.3 is 0 Å². The van der Waals surface area contributed by atoms with Gasteiger partial charge in [-0.15, -0.1) is 0 Å². The molecule has 0 heterocycles. The monoisotopic (exact) mass is 351 g/mol. The number of amides is 2. The molecule has 1 saturated carbocycles. The Bertz CT molecular complexity index is 738. The minimum Gasteiger partial charge on any atom is -0.349 e. The lowest BCUT2D eigenvalue weighted by atomic mass is 10.0. The Morgan fingerprint density at radius 1 is 1.00 bits per heavy atom. The third-order valence-electron chi connectivity index (χ3n) is 4.75. The molecule has 5 nitrogen and oxygen atoms in total. The van der Waals surface area contributed by atoms with Crippen molar-refractivity contribution < 1.29 is 9.59 Å². The summed E-state index contributed by atoms with van der Waals surface area (Å²) in [6.45, 7) is 0. The molecule has 136 valence electrons. The molecule has 4 N–H and O–H groups in total. The highest BCUT2D eigenvalue weighted by Gasteiger charge is 2.18. The molecule has 0 spiro atoms. The Labute approximate surface area is 154 Å². The highest BCUT2D eigenvalue weighted by Crippen LogP contribution is 2.19. The van der Waals surface area contributed by atoms with Crippen LogP contribution in [0.15, 0.2) is 54.6 Å². The molecular formula is C21H25N3O2. The highest BCUT2D eigenvalue weighted by molar-refractivity contribution is 5.96. The van der Waals surface area contributed by atoms with Crippen molar-refractivity contribution in [3.8, 4) is 0 Å². The van der Waals surface area contributed by atoms with Gasteiger partial charge in [0.25, 0.3) is 5.91 Å². The van der Waals surface area contributed by atoms with Gasteiger partial charge in [0.15, 0.2) is 0 Å². The molecule has 2 aromatic rings. The van der Waals surface area contributed by atoms with Crippen molar-refractivity contribution in [3.05, 3.63) is 65.7 Å². The third kappa shape index (κ3) is 4.92. The molecular weight excluding hydrogens is 326 g/mol. The van der Waals surface area contributed by atoms with E-state index in [4.69, 9.17) is 5.73 Å². The Morgan fingerprint density at radius 3 is 2.31 bits per heavy atom. The van der Waals surface area contributed by atoms with E-state index in [1.54, 1.807) is 24.3 Å². The molecule has 5 heteroatoms. The van der Waals surface area contributed by atoms with Crippen LogP contribution in [0.2, 0.25) is 0 Å². The van der Waals surface area contributed by atoms with Crippen molar-refractivity contribution in [1.29, 1.82) is 0 Å². The molecule has 2 aromatic carbocycles. The number of carbonyl (C=O) groups is 2. The van der Waals surface area contributed by atoms with Crippen molar-refractivity contribution in [2.75, 3.05) is 5.32 Å². The fourth-order valence-corrected chi connectivity index (χ4v) is 3.27. The van der Waals surface area contributed by atoms with Crippen LogP contribution in [-0.2, 0) is 4.79 Å². The van der Waals surface area contributed by atoms with Gasteiger partial charge in [-0.05, 0) is 42.7 Å². The predicted octanol–water partition coefficient (Wildman–Crippen LogP) is 3.39. The standard InChI is InChI=1S/C21H25N3O2/c22-19(15-6-2-1-3-7-15)14-20(25)23-18-12-10-16(11-13-18)21(26)24-17-8-4-5-9-17/h1-3,6-7,10-13,17,19H,4-5,8-9,14,22H2,(H,23,25)(H,24,26). The average molecular weight is 351 g/mol. The third-order valence-corrected chi connectivity index (χ3v) is 4.75. The molecule has 0 bridgehead atoms. The molecule has 0 saturated heterocycles. The van der Waals surface area contributed by atoms with Gasteiger partial charge in [-0.1, -0.05) is 43.2 Å². The lowest BCUT2D eigenvalue weighted by Gasteiger charge is -2.13. The summed E-state index contributed by atoms with van der Waals surface area (Å²) in [5, 5.41) is 5.89. The number of nitrogens with one attached hydrogen (secondary N) is 2. The lowest BCUT2D eigenvalue weighted by molar-refractivity contribution is -0.116. The Morgan fingerprint density at radius 2 is 1.65 bits per heavy atom. The van der Waals surface area contributed by atoms with Crippen LogP contribution in [0.5, 0.6) is 0 Å². The average Bonchev–Trinajstić information content (AvgIpc) is 3.16. The van der Waals surface area contributed by atoms with Gasteiger partial charge in [-0.2, -0.15) is 0 Å². The fourth-order valence-electron chi connectivity index (χ4n) is 3.27. The topological polar surface area (TPSA) is 84.2 Å². The lowest BCUT2D eigenvalue weighted by Crippen LogP contribution is -2.32. The van der Waals surface area contributed by atoms with Gasteiger partial charge < -0.3 is 16.4 Å². The zero-order valence-corrected chi connectivity index (χ0v) is 14.8. The number of hydrogen-bond donors (Lipinski definition) is 3. The van der Waals surface area contributed by atoms with Gasteiger partial charge in [-0.25, -0.2) is 0 Å². The minimum atomic E-state index is -0.340. The molecule has 26 heavy (non-hydrogen) atoms. The molecule has 0 aromatic heterocycles. The molecule has 2 amide bonds. The van der Waals surface area contributed by atoms with Gasteiger partial charge in [0.1, 0.15) is 0 Å². The number of nitrogens with two attached hydrogens (primary N) is 1. The zero-order valence-electron chi connectivity index (χ0n) is 14.8. The van der Waals surface area contributed by atoms with Crippen LogP contribution in [0, 0.1) is 0 Å². The number of carbonyl (C=O) groups excluding carboxylic acids is 2. The van der Waals surface area contributed by atoms with E-state index in [1.165, 1.54) is 12.8 Å². The Hall–Kier alpha value is -2.66. The van der Waals surface area contributed by atoms with Crippen LogP contribution in [0.3, 0.4) is 0 Å². The molecule has 1 unspecified atom stereocenters. The molecule has 1 fully saturated rings. The maximum Gasteiger partial charge on any atom is 0.251 e. The maximum atomic E-state index is 12.2. The summed E-state index contributed by atoms with van der Waals surface area (Å²) in [5.41, 5.74) is 8.28. The van der Waals surface area contributed by atoms with Crippen LogP contribution in [0.4, 0.5) is 5.69 Å². The van der Waals surface area contributed by atoms with Crippen LogP contribution in [0.25, 0.3) is 0 Å². The first-order valence-electron chi connectivity index (χ1n) is 9.13. The molecule has 0 aliphatic heterocycles. The second-order valence-electron chi connectivity index (χ2n) is 6.80. The molecule has 1 aliphatic carbocycles. The van der Waals surface area contributed by atoms with Gasteiger partial charge in [0.2, 0.25) is 5.91 Å². The minimum absolute atomic E-state index is 0.0547. The first kappa shape index (κ1) is 18.1. The first-order valence-corrected chi connectivity index (χ1v) is 9.13. The number of benzene rings is 2. The summed E-state index contributed by atoms with van der Waals surface area (Å²) in [6, 6.07) is 16.5. The largest absolute Gasteiger partial charge is 0.349 e. The Kier molecular flexibility index (Phi) is 6.02. The maximum absolute atomic E-state index is 12.2. The van der Waals surface area contributed by atoms with Crippen LogP contribution < -0.4 is 16.4 Å². The second kappa shape index (κ2) is 8.63. The first-order chi connectivity index (χ1) is 12.6. The van der Waals surface area contributed by atoms with Gasteiger partial charge in [0.05, 0.1) is 0 Å². The predicted molar refractivity (Wildman–Crippen MR) is 103 cm³/mol. The number of hydrogen-bond acceptors (Lipinski definition) is 3. The van der Waals surface area contributed by atoms with Crippen molar-refractivity contribution in [1.82, 2.24) is 5.32 Å². The number of rotatable bonds is 6. The summed E-state index contributed by atoms with van der Waals surface area (Å²) in [6.07, 6.45) is 4.68. The molecule has 3 rings (SSSR count). The van der Waals surface area contributed by atoms with Crippen molar-refractivity contribution in [2.24, 2.45) is 5.73 Å². The van der Waals surface area contributed by atoms with Crippen molar-refractivity contribution in [3.63, 3.8) is 0 Å². The van der Waals surface area contributed by atoms with E-state index in [9.17, 15) is 9.59 Å². The Balaban J connectivity index is 1.51. The van der Waals surface area contributed by atoms with E-state index in [1.807, 2.05) is 30.3 Å². The van der Waals surface area contributed by atoms with Crippen LogP contribution >= 0.6 is 0 Å². The summed E-state index contributed by atoms with van der Waals surface area (Å²) in [4.78, 5) is 24.4. The fraction of sp³-hybridized carbons (Fsp3) is 0.333. The van der Waals surface area contributed by atoms with E-state index >= 15 is 0 Å². The molecule has 1 atom stereocenters. The van der Waals surface area contributed by atoms with Crippen molar-refractivity contribution >= 4 is 17.5 Å². The summed E-state index contributed by atoms with van der Waals surface area (Å²) in [5.74, 6) is -0.203. The van der Waals surface area contributed by atoms with Gasteiger partial charge in [-0.3, -0.25) is 9.59 Å². The summed E-state index contributed by atoms with van der Waals surface area (Å²) in [7, 11) is 0. The summed E-state index contributed by atoms with van der Waals surface area (Å²) >= 11 is 0. The van der Waals surface area contributed by atoms with E-state index < -0.39 is 0 Å². The quantitative estimate of drug-likeness (QED) is 0.746. The SMILES string of the molecule is NC(CC(=O)Nc1ccc(C(=O)NC2CCCC2)cc1)c1ccccc1. The second-order valence-corrected chi connectivity index (χ2v) is 6.80. The highest BCUT2D eigenvalue weighted by atomic mass is 16.2. The van der Waals surface area contributed by atoms with E-state index in [2.05, 4.69) is 10.6 Å².